The van der Waals surface area contributed by atoms with Crippen molar-refractivity contribution in [1.82, 2.24) is 9.03 Å². The van der Waals surface area contributed by atoms with Gasteiger partial charge in [0.1, 0.15) is 6.04 Å². The predicted octanol–water partition coefficient (Wildman–Crippen LogP) is 0.806. The minimum atomic E-state index is -3.71. The highest BCUT2D eigenvalue weighted by atomic mass is 32.2. The number of piperidine rings is 1. The lowest BCUT2D eigenvalue weighted by atomic mass is 9.88. The van der Waals surface area contributed by atoms with E-state index in [1.165, 1.54) is 4.31 Å². The molecule has 0 aromatic heterocycles. The number of nitrogens with zero attached hydrogens (tertiary/aromatic N) is 1. The van der Waals surface area contributed by atoms with E-state index in [2.05, 4.69) is 4.72 Å². The molecule has 0 spiro atoms. The van der Waals surface area contributed by atoms with Crippen molar-refractivity contribution in [2.75, 3.05) is 13.1 Å². The van der Waals surface area contributed by atoms with Crippen molar-refractivity contribution >= 4 is 16.2 Å². The Kier molecular flexibility index (Phi) is 4.74. The van der Waals surface area contributed by atoms with Crippen LogP contribution in [-0.4, -0.2) is 42.9 Å². The van der Waals surface area contributed by atoms with Gasteiger partial charge in [-0.2, -0.15) is 17.4 Å². The molecule has 0 radical (unpaired) electrons. The minimum absolute atomic E-state index is 0.464. The quantitative estimate of drug-likeness (QED) is 0.796. The van der Waals surface area contributed by atoms with Crippen LogP contribution in [0.25, 0.3) is 0 Å². The van der Waals surface area contributed by atoms with E-state index in [1.807, 2.05) is 0 Å². The fourth-order valence-corrected chi connectivity index (χ4v) is 3.57. The molecule has 1 rings (SSSR count). The Balaban J connectivity index is 2.82. The van der Waals surface area contributed by atoms with Gasteiger partial charge in [0.2, 0.25) is 0 Å². The summed E-state index contributed by atoms with van der Waals surface area (Å²) in [6.45, 7) is 6.02. The van der Waals surface area contributed by atoms with Crippen LogP contribution in [0.1, 0.15) is 40.0 Å². The Morgan fingerprint density at radius 1 is 1.22 bits per heavy atom. The highest BCUT2D eigenvalue weighted by molar-refractivity contribution is 7.87. The number of hydrogen-bond donors (Lipinski definition) is 2. The molecule has 1 fully saturated rings. The van der Waals surface area contributed by atoms with Crippen LogP contribution in [0.4, 0.5) is 0 Å². The molecule has 1 atom stereocenters. The van der Waals surface area contributed by atoms with Crippen LogP contribution in [0.2, 0.25) is 0 Å². The van der Waals surface area contributed by atoms with E-state index in [1.54, 1.807) is 20.8 Å². The molecule has 0 unspecified atom stereocenters. The van der Waals surface area contributed by atoms with Crippen LogP contribution in [-0.2, 0) is 15.0 Å². The van der Waals surface area contributed by atoms with Crippen molar-refractivity contribution in [2.24, 2.45) is 5.41 Å². The summed E-state index contributed by atoms with van der Waals surface area (Å²) >= 11 is 0. The number of carboxylic acid groups (broad SMARTS) is 1. The molecule has 7 heteroatoms. The van der Waals surface area contributed by atoms with E-state index in [0.717, 1.165) is 19.3 Å². The van der Waals surface area contributed by atoms with Crippen LogP contribution in [0.5, 0.6) is 0 Å². The number of carbonyl (C=O) groups is 1. The topological polar surface area (TPSA) is 86.7 Å². The molecule has 0 aromatic rings. The third-order valence-corrected chi connectivity index (χ3v) is 4.61. The van der Waals surface area contributed by atoms with Crippen molar-refractivity contribution < 1.29 is 18.3 Å². The van der Waals surface area contributed by atoms with Gasteiger partial charge in [0.15, 0.2) is 0 Å². The van der Waals surface area contributed by atoms with Gasteiger partial charge in [0, 0.05) is 13.1 Å². The van der Waals surface area contributed by atoms with Gasteiger partial charge >= 0.3 is 5.97 Å². The summed E-state index contributed by atoms with van der Waals surface area (Å²) in [6.07, 6.45) is 2.68. The fraction of sp³-hybridized carbons (Fsp3) is 0.909. The Bertz CT molecular complexity index is 394. The summed E-state index contributed by atoms with van der Waals surface area (Å²) in [4.78, 5) is 11.2. The first-order valence-corrected chi connectivity index (χ1v) is 7.59. The van der Waals surface area contributed by atoms with Crippen molar-refractivity contribution in [3.63, 3.8) is 0 Å². The SMILES string of the molecule is CC(C)(C)[C@@H](NS(=O)(=O)N1CCCCC1)C(=O)O. The largest absolute Gasteiger partial charge is 0.480 e. The van der Waals surface area contributed by atoms with Crippen LogP contribution >= 0.6 is 0 Å². The van der Waals surface area contributed by atoms with Crippen LogP contribution in [0, 0.1) is 5.41 Å². The first-order chi connectivity index (χ1) is 8.14. The second-order valence-electron chi connectivity index (χ2n) is 5.72. The van der Waals surface area contributed by atoms with Gasteiger partial charge in [-0.3, -0.25) is 4.79 Å². The summed E-state index contributed by atoms with van der Waals surface area (Å²) in [5.74, 6) is -1.15. The maximum absolute atomic E-state index is 12.1. The van der Waals surface area contributed by atoms with Crippen LogP contribution in [0.15, 0.2) is 0 Å². The van der Waals surface area contributed by atoms with Crippen LogP contribution in [0.3, 0.4) is 0 Å². The first kappa shape index (κ1) is 15.4. The van der Waals surface area contributed by atoms with Gasteiger partial charge in [0.05, 0.1) is 0 Å². The molecule has 18 heavy (non-hydrogen) atoms. The molecule has 106 valence electrons. The fourth-order valence-electron chi connectivity index (χ4n) is 1.93. The minimum Gasteiger partial charge on any atom is -0.480 e. The normalized spacial score (nSPS) is 20.6. The zero-order valence-electron chi connectivity index (χ0n) is 11.1. The van der Waals surface area contributed by atoms with Crippen molar-refractivity contribution in [1.29, 1.82) is 0 Å². The molecule has 1 aliphatic rings. The predicted molar refractivity (Wildman–Crippen MR) is 68.4 cm³/mol. The Morgan fingerprint density at radius 3 is 2.11 bits per heavy atom. The van der Waals surface area contributed by atoms with Gasteiger partial charge in [-0.25, -0.2) is 0 Å². The maximum Gasteiger partial charge on any atom is 0.322 e. The maximum atomic E-state index is 12.1. The Hall–Kier alpha value is -0.660. The number of hydrogen-bond acceptors (Lipinski definition) is 3. The highest BCUT2D eigenvalue weighted by Gasteiger charge is 2.37. The lowest BCUT2D eigenvalue weighted by Gasteiger charge is -2.32. The third-order valence-electron chi connectivity index (χ3n) is 3.03. The van der Waals surface area contributed by atoms with Crippen molar-refractivity contribution in [2.45, 2.75) is 46.1 Å². The van der Waals surface area contributed by atoms with Gasteiger partial charge in [0.25, 0.3) is 10.2 Å². The highest BCUT2D eigenvalue weighted by Crippen LogP contribution is 2.21. The van der Waals surface area contributed by atoms with E-state index in [-0.39, 0.29) is 0 Å². The van der Waals surface area contributed by atoms with Crippen molar-refractivity contribution in [3.05, 3.63) is 0 Å². The Morgan fingerprint density at radius 2 is 1.72 bits per heavy atom. The van der Waals surface area contributed by atoms with Crippen molar-refractivity contribution in [3.8, 4) is 0 Å². The molecule has 0 aliphatic carbocycles. The molecule has 1 aliphatic heterocycles. The smallest absolute Gasteiger partial charge is 0.322 e. The number of nitrogens with one attached hydrogen (secondary N) is 1. The molecule has 0 bridgehead atoms. The summed E-state index contributed by atoms with van der Waals surface area (Å²) in [5, 5.41) is 9.13. The van der Waals surface area contributed by atoms with E-state index in [9.17, 15) is 13.2 Å². The molecular formula is C11H22N2O4S. The van der Waals surface area contributed by atoms with E-state index < -0.39 is 27.6 Å². The van der Waals surface area contributed by atoms with Gasteiger partial charge in [-0.05, 0) is 18.3 Å². The number of aliphatic carboxylic acids is 1. The molecule has 0 aromatic carbocycles. The monoisotopic (exact) mass is 278 g/mol. The second-order valence-corrected chi connectivity index (χ2v) is 7.42. The van der Waals surface area contributed by atoms with E-state index >= 15 is 0 Å². The Labute approximate surface area is 109 Å². The number of carboxylic acids is 1. The molecule has 1 heterocycles. The summed E-state index contributed by atoms with van der Waals surface area (Å²) in [5.41, 5.74) is -0.672. The van der Waals surface area contributed by atoms with E-state index in [0.29, 0.717) is 13.1 Å². The zero-order valence-corrected chi connectivity index (χ0v) is 12.0. The molecular weight excluding hydrogens is 256 g/mol. The zero-order chi connectivity index (χ0) is 14.0. The van der Waals surface area contributed by atoms with E-state index in [4.69, 9.17) is 5.11 Å². The molecule has 2 N–H and O–H groups in total. The number of rotatable bonds is 4. The summed E-state index contributed by atoms with van der Waals surface area (Å²) < 4.78 is 27.8. The standard InChI is InChI=1S/C11H22N2O4S/c1-11(2,3)9(10(14)15)12-18(16,17)13-7-5-4-6-8-13/h9,12H,4-8H2,1-3H3,(H,14,15)/t9-/m0/s1. The van der Waals surface area contributed by atoms with Gasteiger partial charge in [-0.1, -0.05) is 27.2 Å². The van der Waals surface area contributed by atoms with Gasteiger partial charge in [-0.15, -0.1) is 0 Å². The van der Waals surface area contributed by atoms with Crippen LogP contribution < -0.4 is 4.72 Å². The third kappa shape index (κ3) is 3.93. The lowest BCUT2D eigenvalue weighted by molar-refractivity contribution is -0.141. The first-order valence-electron chi connectivity index (χ1n) is 6.15. The lowest BCUT2D eigenvalue weighted by Crippen LogP contribution is -2.54. The average Bonchev–Trinajstić information content (AvgIpc) is 2.25. The van der Waals surface area contributed by atoms with Gasteiger partial charge < -0.3 is 5.11 Å². The summed E-state index contributed by atoms with van der Waals surface area (Å²) in [7, 11) is -3.71. The molecule has 6 nitrogen and oxygen atoms in total. The second kappa shape index (κ2) is 5.54. The molecule has 0 amide bonds. The average molecular weight is 278 g/mol. The molecule has 0 saturated carbocycles. The molecule has 1 saturated heterocycles. The summed E-state index contributed by atoms with van der Waals surface area (Å²) in [6, 6.07) is -1.12.